The Hall–Kier alpha value is -1.51. The lowest BCUT2D eigenvalue weighted by molar-refractivity contribution is -0.151. The maximum absolute atomic E-state index is 12.4. The molecular weight excluding hydrogens is 312 g/mol. The fraction of sp³-hybridized carbons (Fsp3) is 0.682. The molecule has 1 aromatic rings. The zero-order chi connectivity index (χ0) is 18.7. The highest BCUT2D eigenvalue weighted by atomic mass is 16.3. The molecule has 3 fully saturated rings. The molecule has 2 N–H and O–H groups in total. The van der Waals surface area contributed by atoms with E-state index >= 15 is 0 Å². The molecule has 3 atom stereocenters. The second-order valence-corrected chi connectivity index (χ2v) is 9.90. The third kappa shape index (κ3) is 2.86. The van der Waals surface area contributed by atoms with Crippen molar-refractivity contribution in [2.24, 2.45) is 23.2 Å². The summed E-state index contributed by atoms with van der Waals surface area (Å²) in [5, 5.41) is 21.5. The van der Waals surface area contributed by atoms with Gasteiger partial charge in [0.05, 0.1) is 0 Å². The van der Waals surface area contributed by atoms with Crippen LogP contribution in [0.15, 0.2) is 12.1 Å². The van der Waals surface area contributed by atoms with Crippen LogP contribution in [0, 0.1) is 23.2 Å². The summed E-state index contributed by atoms with van der Waals surface area (Å²) in [6, 6.07) is 3.61. The van der Waals surface area contributed by atoms with Gasteiger partial charge in [-0.1, -0.05) is 41.5 Å². The fourth-order valence-corrected chi connectivity index (χ4v) is 5.53. The molecule has 2 bridgehead atoms. The predicted molar refractivity (Wildman–Crippen MR) is 100.0 cm³/mol. The van der Waals surface area contributed by atoms with Gasteiger partial charge in [0, 0.05) is 23.8 Å². The first-order valence-corrected chi connectivity index (χ1v) is 9.54. The van der Waals surface area contributed by atoms with Crippen LogP contribution in [-0.2, 0) is 10.2 Å². The van der Waals surface area contributed by atoms with Crippen molar-refractivity contribution in [1.29, 1.82) is 0 Å². The summed E-state index contributed by atoms with van der Waals surface area (Å²) >= 11 is 0. The molecule has 1 aromatic carbocycles. The lowest BCUT2D eigenvalue weighted by Gasteiger charge is -2.59. The fourth-order valence-electron chi connectivity index (χ4n) is 5.53. The summed E-state index contributed by atoms with van der Waals surface area (Å²) < 4.78 is 0. The van der Waals surface area contributed by atoms with Crippen LogP contribution in [-0.4, -0.2) is 16.0 Å². The van der Waals surface area contributed by atoms with Crippen LogP contribution < -0.4 is 0 Å². The molecule has 0 aliphatic heterocycles. The number of phenols is 2. The first-order valence-electron chi connectivity index (χ1n) is 9.54. The van der Waals surface area contributed by atoms with E-state index in [-0.39, 0.29) is 39.9 Å². The average molecular weight is 344 g/mol. The number of benzene rings is 1. The minimum Gasteiger partial charge on any atom is -0.508 e. The molecule has 0 spiro atoms. The molecule has 0 saturated heterocycles. The Morgan fingerprint density at radius 1 is 1.20 bits per heavy atom. The van der Waals surface area contributed by atoms with Gasteiger partial charge in [-0.3, -0.25) is 4.79 Å². The monoisotopic (exact) mass is 344 g/mol. The smallest absolute Gasteiger partial charge is 0.137 e. The minimum absolute atomic E-state index is 0.0333. The average Bonchev–Trinajstić information content (AvgIpc) is 2.43. The van der Waals surface area contributed by atoms with Crippen molar-refractivity contribution < 1.29 is 15.0 Å². The van der Waals surface area contributed by atoms with Crippen molar-refractivity contribution in [3.63, 3.8) is 0 Å². The first kappa shape index (κ1) is 18.3. The zero-order valence-corrected chi connectivity index (χ0v) is 16.4. The van der Waals surface area contributed by atoms with Gasteiger partial charge in [0.25, 0.3) is 0 Å². The molecule has 0 amide bonds. The molecule has 138 valence electrons. The molecule has 0 aromatic heterocycles. The molecule has 3 aliphatic carbocycles. The number of carbonyl (C=O) groups excluding carboxylic acids is 1. The third-order valence-corrected chi connectivity index (χ3v) is 6.85. The quantitative estimate of drug-likeness (QED) is 0.795. The predicted octanol–water partition coefficient (Wildman–Crippen LogP) is 5.14. The molecule has 0 heterocycles. The van der Waals surface area contributed by atoms with Crippen molar-refractivity contribution in [3.05, 3.63) is 23.3 Å². The highest BCUT2D eigenvalue weighted by Crippen LogP contribution is 2.64. The number of hydrogen-bond donors (Lipinski definition) is 2. The van der Waals surface area contributed by atoms with E-state index in [4.69, 9.17) is 0 Å². The second kappa shape index (κ2) is 5.75. The van der Waals surface area contributed by atoms with Crippen LogP contribution in [0.4, 0.5) is 0 Å². The van der Waals surface area contributed by atoms with Crippen molar-refractivity contribution >= 4 is 5.78 Å². The standard InChI is InChI=1S/C22H32O3/c1-12(2)11-21(3,4)13-7-18(24)20(19(25)8-13)14-9-17(23)16-10-15(14)22(16,5)6/h7-8,12,14-16,24-25H,9-11H2,1-6H3. The number of phenolic OH excluding ortho intramolecular Hbond substituents is 2. The molecule has 3 aliphatic rings. The molecule has 3 unspecified atom stereocenters. The molecule has 4 rings (SSSR count). The maximum atomic E-state index is 12.4. The second-order valence-electron chi connectivity index (χ2n) is 9.90. The summed E-state index contributed by atoms with van der Waals surface area (Å²) in [5.41, 5.74) is 1.38. The Bertz CT molecular complexity index is 676. The van der Waals surface area contributed by atoms with Crippen LogP contribution >= 0.6 is 0 Å². The van der Waals surface area contributed by atoms with Crippen molar-refractivity contribution in [2.75, 3.05) is 0 Å². The van der Waals surface area contributed by atoms with Crippen LogP contribution in [0.3, 0.4) is 0 Å². The van der Waals surface area contributed by atoms with Gasteiger partial charge in [-0.05, 0) is 53.2 Å². The van der Waals surface area contributed by atoms with E-state index in [1.807, 2.05) is 0 Å². The first-order chi connectivity index (χ1) is 11.4. The SMILES string of the molecule is CC(C)CC(C)(C)c1cc(O)c(C2CC(=O)C3CC2C3(C)C)c(O)c1. The molecule has 3 heteroatoms. The van der Waals surface area contributed by atoms with Gasteiger partial charge in [-0.2, -0.15) is 0 Å². The van der Waals surface area contributed by atoms with Gasteiger partial charge in [0.2, 0.25) is 0 Å². The van der Waals surface area contributed by atoms with Crippen LogP contribution in [0.5, 0.6) is 11.5 Å². The van der Waals surface area contributed by atoms with Gasteiger partial charge in [-0.25, -0.2) is 0 Å². The highest BCUT2D eigenvalue weighted by molar-refractivity contribution is 5.86. The van der Waals surface area contributed by atoms with Gasteiger partial charge in [0.15, 0.2) is 0 Å². The van der Waals surface area contributed by atoms with E-state index < -0.39 is 0 Å². The maximum Gasteiger partial charge on any atom is 0.137 e. The largest absolute Gasteiger partial charge is 0.508 e. The van der Waals surface area contributed by atoms with Gasteiger partial charge in [0.1, 0.15) is 17.3 Å². The molecule has 0 radical (unpaired) electrons. The lowest BCUT2D eigenvalue weighted by Crippen LogP contribution is -2.56. The van der Waals surface area contributed by atoms with E-state index in [0.717, 1.165) is 18.4 Å². The number of rotatable bonds is 4. The molecular formula is C22H32O3. The molecule has 3 saturated carbocycles. The van der Waals surface area contributed by atoms with Crippen molar-refractivity contribution in [3.8, 4) is 11.5 Å². The normalized spacial score (nSPS) is 28.1. The van der Waals surface area contributed by atoms with E-state index in [1.165, 1.54) is 0 Å². The van der Waals surface area contributed by atoms with E-state index in [2.05, 4.69) is 41.5 Å². The summed E-state index contributed by atoms with van der Waals surface area (Å²) in [4.78, 5) is 12.4. The minimum atomic E-state index is -0.120. The Labute approximate surface area is 151 Å². The number of Topliss-reactive ketones (excluding diaryl/α,β-unsaturated/α-hetero) is 1. The summed E-state index contributed by atoms with van der Waals surface area (Å²) in [6.45, 7) is 12.9. The number of aromatic hydroxyl groups is 2. The lowest BCUT2D eigenvalue weighted by atomic mass is 9.44. The van der Waals surface area contributed by atoms with Crippen LogP contribution in [0.1, 0.15) is 77.8 Å². The van der Waals surface area contributed by atoms with Crippen LogP contribution in [0.25, 0.3) is 0 Å². The van der Waals surface area contributed by atoms with Gasteiger partial charge >= 0.3 is 0 Å². The summed E-state index contributed by atoms with van der Waals surface area (Å²) in [7, 11) is 0. The summed E-state index contributed by atoms with van der Waals surface area (Å²) in [6.07, 6.45) is 2.30. The summed E-state index contributed by atoms with van der Waals surface area (Å²) in [5.74, 6) is 1.53. The zero-order valence-electron chi connectivity index (χ0n) is 16.4. The molecule has 3 nitrogen and oxygen atoms in total. The highest BCUT2D eigenvalue weighted by Gasteiger charge is 2.59. The van der Waals surface area contributed by atoms with Gasteiger partial charge < -0.3 is 10.2 Å². The topological polar surface area (TPSA) is 57.5 Å². The Kier molecular flexibility index (Phi) is 4.21. The third-order valence-electron chi connectivity index (χ3n) is 6.85. The number of fused-ring (bicyclic) bond motifs is 2. The van der Waals surface area contributed by atoms with E-state index in [0.29, 0.717) is 23.8 Å². The van der Waals surface area contributed by atoms with E-state index in [9.17, 15) is 15.0 Å². The number of ketones is 1. The number of carbonyl (C=O) groups is 1. The Balaban J connectivity index is 1.98. The number of hydrogen-bond acceptors (Lipinski definition) is 3. The Morgan fingerprint density at radius 3 is 2.20 bits per heavy atom. The van der Waals surface area contributed by atoms with Crippen molar-refractivity contribution in [1.82, 2.24) is 0 Å². The van der Waals surface area contributed by atoms with Gasteiger partial charge in [-0.15, -0.1) is 0 Å². The van der Waals surface area contributed by atoms with Crippen LogP contribution in [0.2, 0.25) is 0 Å². The van der Waals surface area contributed by atoms with E-state index in [1.54, 1.807) is 12.1 Å². The Morgan fingerprint density at radius 2 is 1.76 bits per heavy atom. The molecule has 25 heavy (non-hydrogen) atoms. The van der Waals surface area contributed by atoms with Crippen molar-refractivity contribution in [2.45, 2.75) is 72.1 Å².